The first-order valence-corrected chi connectivity index (χ1v) is 7.78. The Balaban J connectivity index is 1.95. The van der Waals surface area contributed by atoms with E-state index in [0.29, 0.717) is 12.5 Å². The molecule has 1 spiro atoms. The Hall–Kier alpha value is -0.260. The molecule has 118 valence electrons. The molecule has 1 aliphatic carbocycles. The van der Waals surface area contributed by atoms with Crippen LogP contribution in [0.15, 0.2) is 0 Å². The number of nitrogens with zero attached hydrogens (tertiary/aromatic N) is 1. The molecule has 20 heavy (non-hydrogen) atoms. The quantitative estimate of drug-likeness (QED) is 0.738. The second-order valence-electron chi connectivity index (χ2n) is 6.86. The number of aliphatic hydroxyl groups is 2. The highest BCUT2D eigenvalue weighted by Gasteiger charge is 2.62. The number of hydrogen-bond acceptors (Lipinski definition) is 3. The van der Waals surface area contributed by atoms with Gasteiger partial charge in [0.05, 0.1) is 18.1 Å². The molecule has 2 fully saturated rings. The molecule has 2 N–H and O–H groups in total. The molecule has 3 atom stereocenters. The van der Waals surface area contributed by atoms with Gasteiger partial charge in [-0.15, -0.1) is 0 Å². The molecular weight excluding hydrogens is 264 g/mol. The zero-order valence-electron chi connectivity index (χ0n) is 12.4. The Bertz CT molecular complexity index is 321. The van der Waals surface area contributed by atoms with E-state index in [1.165, 1.54) is 0 Å². The minimum absolute atomic E-state index is 0.325. The molecule has 0 aromatic heterocycles. The Morgan fingerprint density at radius 1 is 1.20 bits per heavy atom. The number of unbranched alkanes of at least 4 members (excludes halogenated alkanes) is 1. The van der Waals surface area contributed by atoms with Crippen molar-refractivity contribution in [2.75, 3.05) is 13.1 Å². The fraction of sp³-hybridized carbons (Fsp3) is 1.00. The van der Waals surface area contributed by atoms with Crippen molar-refractivity contribution in [2.24, 2.45) is 11.8 Å². The molecule has 1 saturated carbocycles. The third-order valence-electron chi connectivity index (χ3n) is 4.91. The number of halogens is 2. The van der Waals surface area contributed by atoms with Gasteiger partial charge in [-0.05, 0) is 31.7 Å². The lowest BCUT2D eigenvalue weighted by Crippen LogP contribution is -2.62. The Kier molecular flexibility index (Phi) is 5.03. The number of hydrogen-bond donors (Lipinski definition) is 2. The summed E-state index contributed by atoms with van der Waals surface area (Å²) in [5.74, 6) is -0.441. The van der Waals surface area contributed by atoms with Crippen molar-refractivity contribution in [1.29, 1.82) is 0 Å². The summed E-state index contributed by atoms with van der Waals surface area (Å²) in [5.41, 5.74) is -0.551. The first kappa shape index (κ1) is 16.1. The van der Waals surface area contributed by atoms with Gasteiger partial charge in [-0.25, -0.2) is 8.78 Å². The number of rotatable bonds is 6. The molecule has 1 unspecified atom stereocenters. The third-order valence-corrected chi connectivity index (χ3v) is 4.91. The maximum Gasteiger partial charge on any atom is 0.245 e. The van der Waals surface area contributed by atoms with Gasteiger partial charge >= 0.3 is 0 Å². The zero-order chi connectivity index (χ0) is 14.9. The summed E-state index contributed by atoms with van der Waals surface area (Å²) in [6.07, 6.45) is -0.271. The fourth-order valence-electron chi connectivity index (χ4n) is 3.61. The van der Waals surface area contributed by atoms with E-state index in [1.54, 1.807) is 0 Å². The predicted octanol–water partition coefficient (Wildman–Crippen LogP) is 2.26. The summed E-state index contributed by atoms with van der Waals surface area (Å²) in [6, 6.07) is 0. The van der Waals surface area contributed by atoms with Crippen LogP contribution in [0.5, 0.6) is 0 Å². The SMILES string of the molecule is CC(C)CCCCN1C[C@@H](O)[C@H](O)C(C(F)F)C12CC2. The maximum atomic E-state index is 13.2. The number of alkyl halides is 2. The first-order valence-electron chi connectivity index (χ1n) is 7.78. The molecule has 1 aliphatic heterocycles. The van der Waals surface area contributed by atoms with Gasteiger partial charge in [0.25, 0.3) is 0 Å². The highest BCUT2D eigenvalue weighted by Crippen LogP contribution is 2.54. The molecule has 5 heteroatoms. The molecule has 0 amide bonds. The number of aliphatic hydroxyl groups excluding tert-OH is 2. The Morgan fingerprint density at radius 3 is 2.35 bits per heavy atom. The molecule has 3 nitrogen and oxygen atoms in total. The van der Waals surface area contributed by atoms with Gasteiger partial charge in [0.2, 0.25) is 6.43 Å². The second kappa shape index (κ2) is 6.24. The van der Waals surface area contributed by atoms with Crippen LogP contribution in [-0.2, 0) is 0 Å². The topological polar surface area (TPSA) is 43.7 Å². The average Bonchev–Trinajstić information content (AvgIpc) is 3.11. The second-order valence-corrected chi connectivity index (χ2v) is 6.86. The fourth-order valence-corrected chi connectivity index (χ4v) is 3.61. The van der Waals surface area contributed by atoms with E-state index in [9.17, 15) is 19.0 Å². The van der Waals surface area contributed by atoms with Gasteiger partial charge in [-0.3, -0.25) is 4.90 Å². The van der Waals surface area contributed by atoms with E-state index in [4.69, 9.17) is 0 Å². The van der Waals surface area contributed by atoms with Gasteiger partial charge in [0.1, 0.15) is 0 Å². The summed E-state index contributed by atoms with van der Waals surface area (Å²) in [4.78, 5) is 2.02. The zero-order valence-corrected chi connectivity index (χ0v) is 12.4. The summed E-state index contributed by atoms with van der Waals surface area (Å²) in [6.45, 7) is 5.43. The first-order chi connectivity index (χ1) is 9.38. The summed E-state index contributed by atoms with van der Waals surface area (Å²) in [5, 5.41) is 19.7. The van der Waals surface area contributed by atoms with Crippen LogP contribution in [-0.4, -0.2) is 52.4 Å². The third kappa shape index (κ3) is 3.15. The maximum absolute atomic E-state index is 13.2. The van der Waals surface area contributed by atoms with Gasteiger partial charge in [-0.1, -0.05) is 26.7 Å². The van der Waals surface area contributed by atoms with Crippen LogP contribution in [0.25, 0.3) is 0 Å². The van der Waals surface area contributed by atoms with E-state index in [1.807, 2.05) is 4.90 Å². The van der Waals surface area contributed by atoms with Crippen molar-refractivity contribution < 1.29 is 19.0 Å². The van der Waals surface area contributed by atoms with Crippen molar-refractivity contribution >= 4 is 0 Å². The van der Waals surface area contributed by atoms with Crippen LogP contribution in [0.4, 0.5) is 8.78 Å². The minimum atomic E-state index is -2.57. The average molecular weight is 291 g/mol. The van der Waals surface area contributed by atoms with Gasteiger partial charge in [0, 0.05) is 12.1 Å². The van der Waals surface area contributed by atoms with Crippen LogP contribution in [0.2, 0.25) is 0 Å². The van der Waals surface area contributed by atoms with E-state index in [0.717, 1.165) is 38.6 Å². The number of β-amino-alcohol motifs (C(OH)–C–C–N with tert-alkyl or cyclic N) is 1. The van der Waals surface area contributed by atoms with Crippen LogP contribution < -0.4 is 0 Å². The minimum Gasteiger partial charge on any atom is -0.390 e. The smallest absolute Gasteiger partial charge is 0.245 e. The molecule has 2 rings (SSSR count). The largest absolute Gasteiger partial charge is 0.390 e. The highest BCUT2D eigenvalue weighted by molar-refractivity contribution is 5.15. The van der Waals surface area contributed by atoms with Gasteiger partial charge in [-0.2, -0.15) is 0 Å². The molecule has 2 aliphatic rings. The summed E-state index contributed by atoms with van der Waals surface area (Å²) < 4.78 is 26.5. The predicted molar refractivity (Wildman–Crippen MR) is 73.7 cm³/mol. The molecule has 0 bridgehead atoms. The van der Waals surface area contributed by atoms with Crippen LogP contribution in [0.3, 0.4) is 0 Å². The van der Waals surface area contributed by atoms with E-state index >= 15 is 0 Å². The molecule has 0 radical (unpaired) electrons. The van der Waals surface area contributed by atoms with Crippen molar-refractivity contribution in [3.63, 3.8) is 0 Å². The summed E-state index contributed by atoms with van der Waals surface area (Å²) in [7, 11) is 0. The lowest BCUT2D eigenvalue weighted by atomic mass is 9.82. The van der Waals surface area contributed by atoms with E-state index in [2.05, 4.69) is 13.8 Å². The van der Waals surface area contributed by atoms with E-state index in [-0.39, 0.29) is 0 Å². The van der Waals surface area contributed by atoms with Crippen LogP contribution >= 0.6 is 0 Å². The van der Waals surface area contributed by atoms with Gasteiger partial charge in [0.15, 0.2) is 0 Å². The number of piperidine rings is 1. The Morgan fingerprint density at radius 2 is 1.85 bits per heavy atom. The van der Waals surface area contributed by atoms with Crippen LogP contribution in [0, 0.1) is 11.8 Å². The van der Waals surface area contributed by atoms with Crippen LogP contribution in [0.1, 0.15) is 46.0 Å². The molecular formula is C15H27F2NO2. The Labute approximate surface area is 120 Å². The molecule has 0 aromatic carbocycles. The molecule has 1 saturated heterocycles. The molecule has 0 aromatic rings. The van der Waals surface area contributed by atoms with Crippen molar-refractivity contribution in [1.82, 2.24) is 4.90 Å². The van der Waals surface area contributed by atoms with Crippen molar-refractivity contribution in [3.05, 3.63) is 0 Å². The van der Waals surface area contributed by atoms with Crippen molar-refractivity contribution in [3.8, 4) is 0 Å². The number of likely N-dealkylation sites (tertiary alicyclic amines) is 1. The van der Waals surface area contributed by atoms with E-state index < -0.39 is 30.1 Å². The van der Waals surface area contributed by atoms with Gasteiger partial charge < -0.3 is 10.2 Å². The monoisotopic (exact) mass is 291 g/mol. The molecule has 1 heterocycles. The van der Waals surface area contributed by atoms with Crippen molar-refractivity contribution in [2.45, 2.75) is 70.1 Å². The highest BCUT2D eigenvalue weighted by atomic mass is 19.3. The lowest BCUT2D eigenvalue weighted by Gasteiger charge is -2.46. The summed E-state index contributed by atoms with van der Waals surface area (Å²) >= 11 is 0. The lowest BCUT2D eigenvalue weighted by molar-refractivity contribution is -0.151. The normalized spacial score (nSPS) is 33.3. The standard InChI is InChI=1S/C15H27F2NO2/c1-10(2)5-3-4-8-18-9-11(19)13(20)12(14(16)17)15(18)6-7-15/h10-14,19-20H,3-9H2,1-2H3/t11-,12?,13+/m1/s1.